The third kappa shape index (κ3) is 2.80. The summed E-state index contributed by atoms with van der Waals surface area (Å²) in [6.45, 7) is 8.29. The van der Waals surface area contributed by atoms with Crippen LogP contribution in [0.3, 0.4) is 0 Å². The monoisotopic (exact) mass is 320 g/mol. The fourth-order valence-corrected chi connectivity index (χ4v) is 2.18. The second-order valence-electron chi connectivity index (χ2n) is 4.11. The van der Waals surface area contributed by atoms with Crippen LogP contribution in [-0.2, 0) is 0 Å². The molecule has 0 fully saturated rings. The van der Waals surface area contributed by atoms with Crippen molar-refractivity contribution in [2.45, 2.75) is 46.0 Å². The highest BCUT2D eigenvalue weighted by Gasteiger charge is 2.14. The molecular formula is C11H17IN2O. The number of nitrogens with one attached hydrogen (secondary N) is 1. The van der Waals surface area contributed by atoms with Crippen LogP contribution in [0.4, 0.5) is 0 Å². The van der Waals surface area contributed by atoms with Crippen LogP contribution >= 0.6 is 22.6 Å². The number of H-pyrrole nitrogens is 1. The zero-order valence-electron chi connectivity index (χ0n) is 9.60. The van der Waals surface area contributed by atoms with Gasteiger partial charge in [0.15, 0.2) is 0 Å². The van der Waals surface area contributed by atoms with E-state index in [9.17, 15) is 4.79 Å². The largest absolute Gasteiger partial charge is 0.309 e. The van der Waals surface area contributed by atoms with Gasteiger partial charge in [0.2, 0.25) is 0 Å². The number of hydrogen-bond acceptors (Lipinski definition) is 2. The van der Waals surface area contributed by atoms with Crippen molar-refractivity contribution in [2.24, 2.45) is 0 Å². The van der Waals surface area contributed by atoms with E-state index in [0.29, 0.717) is 11.8 Å². The Labute approximate surface area is 104 Å². The molecule has 15 heavy (non-hydrogen) atoms. The second-order valence-corrected chi connectivity index (χ2v) is 5.19. The van der Waals surface area contributed by atoms with Crippen molar-refractivity contribution >= 4 is 22.6 Å². The minimum absolute atomic E-state index is 0.00963. The minimum Gasteiger partial charge on any atom is -0.309 e. The lowest BCUT2D eigenvalue weighted by Crippen LogP contribution is -2.20. The van der Waals surface area contributed by atoms with Crippen molar-refractivity contribution in [1.29, 1.82) is 0 Å². The van der Waals surface area contributed by atoms with Crippen LogP contribution in [-0.4, -0.2) is 9.97 Å². The minimum atomic E-state index is -0.00963. The molecule has 1 heterocycles. The van der Waals surface area contributed by atoms with Gasteiger partial charge in [-0.2, -0.15) is 0 Å². The number of aromatic amines is 1. The lowest BCUT2D eigenvalue weighted by molar-refractivity contribution is 0.654. The normalized spacial score (nSPS) is 13.2. The van der Waals surface area contributed by atoms with Crippen LogP contribution in [0.5, 0.6) is 0 Å². The van der Waals surface area contributed by atoms with Crippen molar-refractivity contribution in [3.63, 3.8) is 0 Å². The van der Waals surface area contributed by atoms with Crippen molar-refractivity contribution in [2.75, 3.05) is 0 Å². The summed E-state index contributed by atoms with van der Waals surface area (Å²) in [6.07, 6.45) is 0.987. The first-order valence-electron chi connectivity index (χ1n) is 5.27. The lowest BCUT2D eigenvalue weighted by Gasteiger charge is -2.12. The molecule has 84 valence electrons. The van der Waals surface area contributed by atoms with Crippen LogP contribution in [0.2, 0.25) is 0 Å². The van der Waals surface area contributed by atoms with Crippen molar-refractivity contribution in [3.05, 3.63) is 25.4 Å². The maximum Gasteiger partial charge on any atom is 0.264 e. The predicted molar refractivity (Wildman–Crippen MR) is 70.4 cm³/mol. The molecule has 4 heteroatoms. The Balaban J connectivity index is 3.29. The topological polar surface area (TPSA) is 45.8 Å². The van der Waals surface area contributed by atoms with E-state index >= 15 is 0 Å². The maximum atomic E-state index is 11.7. The Morgan fingerprint density at radius 2 is 2.00 bits per heavy atom. The molecule has 3 nitrogen and oxygen atoms in total. The number of rotatable bonds is 3. The van der Waals surface area contributed by atoms with Crippen molar-refractivity contribution in [3.8, 4) is 0 Å². The van der Waals surface area contributed by atoms with Gasteiger partial charge in [0.25, 0.3) is 5.56 Å². The molecule has 0 saturated heterocycles. The standard InChI is InChI=1S/C11H17IN2O/c1-5-7(4)10-13-9(6(2)3)8(12)11(15)14-10/h6-7H,5H2,1-4H3,(H,13,14,15). The Kier molecular flexibility index (Phi) is 4.31. The summed E-state index contributed by atoms with van der Waals surface area (Å²) in [5.41, 5.74) is 0.902. The molecule has 0 bridgehead atoms. The van der Waals surface area contributed by atoms with Crippen molar-refractivity contribution in [1.82, 2.24) is 9.97 Å². The molecule has 0 amide bonds. The van der Waals surface area contributed by atoms with Gasteiger partial charge < -0.3 is 4.98 Å². The van der Waals surface area contributed by atoms with Crippen LogP contribution in [0.1, 0.15) is 57.5 Å². The summed E-state index contributed by atoms with van der Waals surface area (Å²) in [6, 6.07) is 0. The lowest BCUT2D eigenvalue weighted by atomic mass is 10.1. The van der Waals surface area contributed by atoms with Crippen LogP contribution in [0.25, 0.3) is 0 Å². The van der Waals surface area contributed by atoms with E-state index < -0.39 is 0 Å². The molecule has 1 unspecified atom stereocenters. The van der Waals surface area contributed by atoms with Crippen LogP contribution in [0, 0.1) is 3.57 Å². The van der Waals surface area contributed by atoms with Gasteiger partial charge >= 0.3 is 0 Å². The third-order valence-electron chi connectivity index (χ3n) is 2.53. The van der Waals surface area contributed by atoms with E-state index in [1.165, 1.54) is 0 Å². The van der Waals surface area contributed by atoms with Gasteiger partial charge in [0.1, 0.15) is 5.82 Å². The smallest absolute Gasteiger partial charge is 0.264 e. The average molecular weight is 320 g/mol. The first-order chi connectivity index (χ1) is 6.97. The van der Waals surface area contributed by atoms with Gasteiger partial charge in [-0.1, -0.05) is 27.7 Å². The molecule has 0 aliphatic rings. The molecule has 1 aromatic rings. The van der Waals surface area contributed by atoms with E-state index in [0.717, 1.165) is 21.5 Å². The molecule has 0 radical (unpaired) electrons. The first kappa shape index (κ1) is 12.7. The number of halogens is 1. The molecule has 0 aromatic carbocycles. The SMILES string of the molecule is CCC(C)c1nc(C(C)C)c(I)c(=O)[nH]1. The molecule has 0 saturated carbocycles. The molecule has 1 aromatic heterocycles. The van der Waals surface area contributed by atoms with Gasteiger partial charge in [-0.05, 0) is 34.9 Å². The predicted octanol–water partition coefficient (Wildman–Crippen LogP) is 3.01. The number of hydrogen-bond donors (Lipinski definition) is 1. The molecule has 1 rings (SSSR count). The molecule has 0 spiro atoms. The van der Waals surface area contributed by atoms with E-state index in [4.69, 9.17) is 0 Å². The number of aromatic nitrogens is 2. The fourth-order valence-electron chi connectivity index (χ4n) is 1.30. The molecular weight excluding hydrogens is 303 g/mol. The van der Waals surface area contributed by atoms with Gasteiger partial charge in [0, 0.05) is 5.92 Å². The van der Waals surface area contributed by atoms with Crippen molar-refractivity contribution < 1.29 is 0 Å². The summed E-state index contributed by atoms with van der Waals surface area (Å²) >= 11 is 2.07. The van der Waals surface area contributed by atoms with E-state index in [1.807, 2.05) is 0 Å². The van der Waals surface area contributed by atoms with Crippen LogP contribution in [0.15, 0.2) is 4.79 Å². The maximum absolute atomic E-state index is 11.7. The molecule has 0 aliphatic heterocycles. The molecule has 1 atom stereocenters. The molecule has 1 N–H and O–H groups in total. The zero-order chi connectivity index (χ0) is 11.6. The highest BCUT2D eigenvalue weighted by atomic mass is 127. The van der Waals surface area contributed by atoms with E-state index in [1.54, 1.807) is 0 Å². The highest BCUT2D eigenvalue weighted by Crippen LogP contribution is 2.19. The summed E-state index contributed by atoms with van der Waals surface area (Å²) in [7, 11) is 0. The van der Waals surface area contributed by atoms with E-state index in [-0.39, 0.29) is 5.56 Å². The van der Waals surface area contributed by atoms with Crippen LogP contribution < -0.4 is 5.56 Å². The average Bonchev–Trinajstić information content (AvgIpc) is 2.20. The first-order valence-corrected chi connectivity index (χ1v) is 6.34. The Morgan fingerprint density at radius 3 is 2.47 bits per heavy atom. The third-order valence-corrected chi connectivity index (χ3v) is 3.58. The zero-order valence-corrected chi connectivity index (χ0v) is 11.8. The summed E-state index contributed by atoms with van der Waals surface area (Å²) in [5, 5.41) is 0. The van der Waals surface area contributed by atoms with Gasteiger partial charge in [-0.25, -0.2) is 4.98 Å². The molecule has 0 aliphatic carbocycles. The quantitative estimate of drug-likeness (QED) is 0.870. The summed E-state index contributed by atoms with van der Waals surface area (Å²) in [4.78, 5) is 19.1. The number of nitrogens with zero attached hydrogens (tertiary/aromatic N) is 1. The summed E-state index contributed by atoms with van der Waals surface area (Å²) in [5.74, 6) is 1.42. The highest BCUT2D eigenvalue weighted by molar-refractivity contribution is 14.1. The summed E-state index contributed by atoms with van der Waals surface area (Å²) < 4.78 is 0.717. The Hall–Kier alpha value is -0.390. The Morgan fingerprint density at radius 1 is 1.40 bits per heavy atom. The van der Waals surface area contributed by atoms with Gasteiger partial charge in [-0.3, -0.25) is 4.79 Å². The second kappa shape index (κ2) is 5.09. The van der Waals surface area contributed by atoms with Gasteiger partial charge in [0.05, 0.1) is 9.26 Å². The fraction of sp³-hybridized carbons (Fsp3) is 0.636. The van der Waals surface area contributed by atoms with Gasteiger partial charge in [-0.15, -0.1) is 0 Å². The Bertz CT molecular complexity index is 398. The van der Waals surface area contributed by atoms with E-state index in [2.05, 4.69) is 60.3 Å².